The lowest BCUT2D eigenvalue weighted by Crippen LogP contribution is -2.22. The van der Waals surface area contributed by atoms with Crippen LogP contribution in [0.25, 0.3) is 10.9 Å². The van der Waals surface area contributed by atoms with E-state index in [1.54, 1.807) is 43.9 Å². The van der Waals surface area contributed by atoms with Crippen LogP contribution in [0.5, 0.6) is 17.2 Å². The van der Waals surface area contributed by atoms with Crippen LogP contribution in [0.3, 0.4) is 0 Å². The van der Waals surface area contributed by atoms with E-state index < -0.39 is 0 Å². The van der Waals surface area contributed by atoms with Gasteiger partial charge in [-0.2, -0.15) is 0 Å². The van der Waals surface area contributed by atoms with Crippen LogP contribution in [0, 0.1) is 0 Å². The number of benzene rings is 1. The van der Waals surface area contributed by atoms with Crippen LogP contribution in [0.4, 0.5) is 0 Å². The van der Waals surface area contributed by atoms with Crippen molar-refractivity contribution in [2.24, 2.45) is 4.99 Å². The first kappa shape index (κ1) is 24.4. The third-order valence-electron chi connectivity index (χ3n) is 5.19. The number of carbonyl (C=O) groups is 1. The second-order valence-electron chi connectivity index (χ2n) is 7.85. The standard InChI is InChI=1S/C24H28N4O4S2/c1-14(13-30-3)31-20-9-17(32-16-5-6-22(33-4)26-11-16)7-15-8-19(28-23(15)20)24-27-12-18(34-24)10-21(29)25-2/h5-9,11,14,18,28H,10,12-13H2,1-4H3,(H,25,29). The molecule has 0 saturated carbocycles. The van der Waals surface area contributed by atoms with Gasteiger partial charge in [0.2, 0.25) is 5.91 Å². The van der Waals surface area contributed by atoms with Crippen molar-refractivity contribution in [2.45, 2.75) is 29.7 Å². The Morgan fingerprint density at radius 3 is 2.88 bits per heavy atom. The number of aromatic amines is 1. The van der Waals surface area contributed by atoms with Crippen molar-refractivity contribution in [1.82, 2.24) is 15.3 Å². The van der Waals surface area contributed by atoms with Gasteiger partial charge in [-0.05, 0) is 37.4 Å². The molecule has 2 unspecified atom stereocenters. The van der Waals surface area contributed by atoms with Gasteiger partial charge in [-0.15, -0.1) is 11.8 Å². The zero-order valence-electron chi connectivity index (χ0n) is 19.6. The summed E-state index contributed by atoms with van der Waals surface area (Å²) in [6, 6.07) is 9.70. The highest BCUT2D eigenvalue weighted by molar-refractivity contribution is 8.15. The van der Waals surface area contributed by atoms with Gasteiger partial charge in [0.15, 0.2) is 0 Å². The SMILES string of the molecule is CNC(=O)CC1CN=C(c2cc3cc(Oc4ccc(SC)nc4)cc(OC(C)COC)c3[nH]2)S1. The summed E-state index contributed by atoms with van der Waals surface area (Å²) in [5.41, 5.74) is 1.76. The predicted molar refractivity (Wildman–Crippen MR) is 138 cm³/mol. The number of hydrogen-bond acceptors (Lipinski definition) is 8. The van der Waals surface area contributed by atoms with E-state index >= 15 is 0 Å². The van der Waals surface area contributed by atoms with E-state index in [4.69, 9.17) is 14.2 Å². The van der Waals surface area contributed by atoms with Crippen LogP contribution in [0.15, 0.2) is 46.5 Å². The van der Waals surface area contributed by atoms with Crippen LogP contribution in [-0.2, 0) is 9.53 Å². The average Bonchev–Trinajstić information content (AvgIpc) is 3.47. The molecule has 34 heavy (non-hydrogen) atoms. The number of hydrogen-bond donors (Lipinski definition) is 2. The van der Waals surface area contributed by atoms with E-state index in [9.17, 15) is 4.79 Å². The molecule has 2 N–H and O–H groups in total. The maximum atomic E-state index is 11.7. The van der Waals surface area contributed by atoms with E-state index in [1.807, 2.05) is 43.5 Å². The van der Waals surface area contributed by atoms with Gasteiger partial charge in [0.05, 0.1) is 35.6 Å². The van der Waals surface area contributed by atoms with E-state index in [0.29, 0.717) is 36.8 Å². The summed E-state index contributed by atoms with van der Waals surface area (Å²) >= 11 is 3.20. The third-order valence-corrected chi connectivity index (χ3v) is 7.07. The number of rotatable bonds is 10. The number of H-pyrrole nitrogens is 1. The van der Waals surface area contributed by atoms with E-state index in [-0.39, 0.29) is 17.3 Å². The summed E-state index contributed by atoms with van der Waals surface area (Å²) in [7, 11) is 3.30. The summed E-state index contributed by atoms with van der Waals surface area (Å²) in [5, 5.41) is 5.58. The second-order valence-corrected chi connectivity index (χ2v) is 9.97. The van der Waals surface area contributed by atoms with Crippen molar-refractivity contribution >= 4 is 45.4 Å². The first-order valence-corrected chi connectivity index (χ1v) is 13.0. The molecule has 1 aromatic carbocycles. The van der Waals surface area contributed by atoms with E-state index in [2.05, 4.69) is 20.3 Å². The van der Waals surface area contributed by atoms with Gasteiger partial charge in [0.25, 0.3) is 0 Å². The fourth-order valence-corrected chi connectivity index (χ4v) is 5.05. The minimum atomic E-state index is -0.145. The molecule has 0 radical (unpaired) electrons. The highest BCUT2D eigenvalue weighted by Gasteiger charge is 2.25. The number of pyridine rings is 1. The minimum Gasteiger partial charge on any atom is -0.486 e. The van der Waals surface area contributed by atoms with E-state index in [1.165, 1.54) is 0 Å². The maximum Gasteiger partial charge on any atom is 0.220 e. The molecule has 0 fully saturated rings. The van der Waals surface area contributed by atoms with Gasteiger partial charge in [-0.3, -0.25) is 9.79 Å². The normalized spacial score (nSPS) is 16.4. The molecule has 2 aromatic heterocycles. The van der Waals surface area contributed by atoms with Gasteiger partial charge in [-0.1, -0.05) is 11.8 Å². The lowest BCUT2D eigenvalue weighted by molar-refractivity contribution is -0.120. The predicted octanol–water partition coefficient (Wildman–Crippen LogP) is 4.49. The number of ether oxygens (including phenoxy) is 3. The Kier molecular flexibility index (Phi) is 8.02. The molecule has 1 aliphatic heterocycles. The first-order valence-electron chi connectivity index (χ1n) is 10.9. The molecular weight excluding hydrogens is 472 g/mol. The Balaban J connectivity index is 1.62. The van der Waals surface area contributed by atoms with Gasteiger partial charge in [0, 0.05) is 37.3 Å². The molecule has 1 aliphatic rings. The van der Waals surface area contributed by atoms with Crippen molar-refractivity contribution in [3.05, 3.63) is 42.2 Å². The number of fused-ring (bicyclic) bond motifs is 1. The zero-order valence-corrected chi connectivity index (χ0v) is 21.2. The Bertz CT molecular complexity index is 1180. The zero-order chi connectivity index (χ0) is 24.1. The molecule has 180 valence electrons. The van der Waals surface area contributed by atoms with Crippen molar-refractivity contribution in [1.29, 1.82) is 0 Å². The van der Waals surface area contributed by atoms with E-state index in [0.717, 1.165) is 26.7 Å². The number of nitrogens with one attached hydrogen (secondary N) is 2. The molecule has 0 aliphatic carbocycles. The van der Waals surface area contributed by atoms with Crippen molar-refractivity contribution in [3.8, 4) is 17.2 Å². The molecule has 1 amide bonds. The quantitative estimate of drug-likeness (QED) is 0.396. The van der Waals surface area contributed by atoms with Crippen molar-refractivity contribution in [3.63, 3.8) is 0 Å². The smallest absolute Gasteiger partial charge is 0.220 e. The lowest BCUT2D eigenvalue weighted by Gasteiger charge is -2.16. The first-order chi connectivity index (χ1) is 16.5. The number of aliphatic imine (C=N–C) groups is 1. The largest absolute Gasteiger partial charge is 0.486 e. The number of thioether (sulfide) groups is 2. The van der Waals surface area contributed by atoms with Crippen molar-refractivity contribution in [2.75, 3.05) is 33.6 Å². The van der Waals surface area contributed by atoms with Crippen LogP contribution in [0.1, 0.15) is 19.0 Å². The molecular formula is C24H28N4O4S2. The Morgan fingerprint density at radius 1 is 1.32 bits per heavy atom. The topological polar surface area (TPSA) is 97.8 Å². The maximum absolute atomic E-state index is 11.7. The Hall–Kier alpha value is -2.69. The van der Waals surface area contributed by atoms with Gasteiger partial charge < -0.3 is 24.5 Å². The molecule has 2 atom stereocenters. The number of nitrogens with zero attached hydrogens (tertiary/aromatic N) is 2. The third kappa shape index (κ3) is 5.86. The molecule has 0 bridgehead atoms. The Morgan fingerprint density at radius 2 is 2.18 bits per heavy atom. The molecule has 4 rings (SSSR count). The molecule has 3 aromatic rings. The highest BCUT2D eigenvalue weighted by Crippen LogP contribution is 2.36. The number of amides is 1. The summed E-state index contributed by atoms with van der Waals surface area (Å²) < 4.78 is 17.5. The van der Waals surface area contributed by atoms with Crippen molar-refractivity contribution < 1.29 is 19.0 Å². The average molecular weight is 501 g/mol. The van der Waals surface area contributed by atoms with Gasteiger partial charge in [0.1, 0.15) is 28.4 Å². The molecule has 8 nitrogen and oxygen atoms in total. The summed E-state index contributed by atoms with van der Waals surface area (Å²) in [6.07, 6.45) is 3.99. The fraction of sp³-hybridized carbons (Fsp3) is 0.375. The summed E-state index contributed by atoms with van der Waals surface area (Å²) in [4.78, 5) is 24.2. The number of aromatic nitrogens is 2. The van der Waals surface area contributed by atoms with Crippen LogP contribution < -0.4 is 14.8 Å². The monoisotopic (exact) mass is 500 g/mol. The van der Waals surface area contributed by atoms with Gasteiger partial charge >= 0.3 is 0 Å². The summed E-state index contributed by atoms with van der Waals surface area (Å²) in [5.74, 6) is 1.99. The molecule has 0 spiro atoms. The van der Waals surface area contributed by atoms with Crippen LogP contribution in [-0.4, -0.2) is 65.8 Å². The fourth-order valence-electron chi connectivity index (χ4n) is 3.60. The second kappa shape index (κ2) is 11.2. The lowest BCUT2D eigenvalue weighted by atomic mass is 10.2. The molecule has 0 saturated heterocycles. The van der Waals surface area contributed by atoms with Gasteiger partial charge in [-0.25, -0.2) is 4.98 Å². The molecule has 10 heteroatoms. The minimum absolute atomic E-state index is 0.0234. The Labute approximate surface area is 207 Å². The van der Waals surface area contributed by atoms with Crippen LogP contribution in [0.2, 0.25) is 0 Å². The van der Waals surface area contributed by atoms with Crippen LogP contribution >= 0.6 is 23.5 Å². The summed E-state index contributed by atoms with van der Waals surface area (Å²) in [6.45, 7) is 3.03. The highest BCUT2D eigenvalue weighted by atomic mass is 32.2. The number of carbonyl (C=O) groups excluding carboxylic acids is 1. The molecule has 3 heterocycles. The number of methoxy groups -OCH3 is 1.